The molecule has 0 saturated carbocycles. The van der Waals surface area contributed by atoms with Crippen LogP contribution in [0.5, 0.6) is 0 Å². The molecule has 0 spiro atoms. The van der Waals surface area contributed by atoms with E-state index in [9.17, 15) is 0 Å². The molecule has 1 aromatic heterocycles. The fourth-order valence-electron chi connectivity index (χ4n) is 2.78. The summed E-state index contributed by atoms with van der Waals surface area (Å²) >= 11 is 1.79. The van der Waals surface area contributed by atoms with Crippen molar-refractivity contribution in [2.24, 2.45) is 4.99 Å². The summed E-state index contributed by atoms with van der Waals surface area (Å²) in [6.07, 6.45) is 2.03. The van der Waals surface area contributed by atoms with E-state index in [1.165, 1.54) is 15.3 Å². The molecule has 1 heterocycles. The summed E-state index contributed by atoms with van der Waals surface area (Å²) in [6.45, 7) is 1.74. The van der Waals surface area contributed by atoms with Gasteiger partial charge >= 0.3 is 0 Å². The van der Waals surface area contributed by atoms with Crippen LogP contribution in [-0.4, -0.2) is 36.5 Å². The minimum absolute atomic E-state index is 0. The molecule has 0 bridgehead atoms. The summed E-state index contributed by atoms with van der Waals surface area (Å²) in [7, 11) is 3.90. The van der Waals surface area contributed by atoms with Gasteiger partial charge in [0.2, 0.25) is 0 Å². The highest BCUT2D eigenvalue weighted by Crippen LogP contribution is 2.22. The molecule has 2 aromatic carbocycles. The molecule has 6 heteroatoms. The number of aliphatic imine (C=N–C) groups is 1. The number of benzene rings is 2. The average Bonchev–Trinajstić information content (AvgIpc) is 3.05. The SMILES string of the molecule is CN=C(NCCCc1nc2ccccc2s1)N(C)Cc1ccccc1.I. The number of hydrogen-bond donors (Lipinski definition) is 1. The van der Waals surface area contributed by atoms with Gasteiger partial charge in [0.05, 0.1) is 15.2 Å². The standard InChI is InChI=1S/C20H24N4S.HI/c1-21-20(24(2)15-16-9-4-3-5-10-16)22-14-8-13-19-23-17-11-6-7-12-18(17)25-19;/h3-7,9-12H,8,13-15H2,1-2H3,(H,21,22);1H. The number of nitrogens with one attached hydrogen (secondary N) is 1. The van der Waals surface area contributed by atoms with Crippen LogP contribution in [0.25, 0.3) is 10.2 Å². The zero-order valence-corrected chi connectivity index (χ0v) is 18.3. The molecule has 138 valence electrons. The Bertz CT molecular complexity index is 799. The number of aromatic nitrogens is 1. The number of para-hydroxylation sites is 1. The van der Waals surface area contributed by atoms with Crippen molar-refractivity contribution in [3.63, 3.8) is 0 Å². The third-order valence-electron chi connectivity index (χ3n) is 4.02. The van der Waals surface area contributed by atoms with Crippen molar-refractivity contribution in [1.82, 2.24) is 15.2 Å². The van der Waals surface area contributed by atoms with E-state index in [1.807, 2.05) is 19.2 Å². The van der Waals surface area contributed by atoms with Gasteiger partial charge in [0.1, 0.15) is 0 Å². The van der Waals surface area contributed by atoms with Crippen LogP contribution in [0.1, 0.15) is 17.0 Å². The van der Waals surface area contributed by atoms with Crippen molar-refractivity contribution in [2.75, 3.05) is 20.6 Å². The van der Waals surface area contributed by atoms with E-state index in [0.717, 1.165) is 37.4 Å². The summed E-state index contributed by atoms with van der Waals surface area (Å²) in [5.41, 5.74) is 2.39. The molecule has 0 amide bonds. The summed E-state index contributed by atoms with van der Waals surface area (Å²) in [5, 5.41) is 4.65. The fourth-order valence-corrected chi connectivity index (χ4v) is 3.79. The zero-order valence-electron chi connectivity index (χ0n) is 15.2. The van der Waals surface area contributed by atoms with Crippen molar-refractivity contribution in [1.29, 1.82) is 0 Å². The van der Waals surface area contributed by atoms with Crippen LogP contribution in [0.15, 0.2) is 59.6 Å². The van der Waals surface area contributed by atoms with E-state index in [1.54, 1.807) is 11.3 Å². The van der Waals surface area contributed by atoms with Gasteiger partial charge in [-0.15, -0.1) is 35.3 Å². The molecular weight excluding hydrogens is 455 g/mol. The Morgan fingerprint density at radius 1 is 1.12 bits per heavy atom. The molecule has 0 aliphatic heterocycles. The normalized spacial score (nSPS) is 11.2. The Labute approximate surface area is 176 Å². The lowest BCUT2D eigenvalue weighted by molar-refractivity contribution is 0.476. The summed E-state index contributed by atoms with van der Waals surface area (Å²) in [4.78, 5) is 11.2. The van der Waals surface area contributed by atoms with E-state index >= 15 is 0 Å². The van der Waals surface area contributed by atoms with Crippen LogP contribution < -0.4 is 5.32 Å². The van der Waals surface area contributed by atoms with Crippen LogP contribution >= 0.6 is 35.3 Å². The second kappa shape index (κ2) is 10.5. The van der Waals surface area contributed by atoms with Crippen LogP contribution in [0.2, 0.25) is 0 Å². The predicted octanol–water partition coefficient (Wildman–Crippen LogP) is 4.55. The largest absolute Gasteiger partial charge is 0.356 e. The van der Waals surface area contributed by atoms with E-state index in [0.29, 0.717) is 0 Å². The Kier molecular flexibility index (Phi) is 8.31. The zero-order chi connectivity index (χ0) is 17.5. The van der Waals surface area contributed by atoms with Gasteiger partial charge in [-0.1, -0.05) is 42.5 Å². The molecule has 0 unspecified atom stereocenters. The number of nitrogens with zero attached hydrogens (tertiary/aromatic N) is 3. The first-order valence-corrected chi connectivity index (χ1v) is 9.38. The topological polar surface area (TPSA) is 40.5 Å². The second-order valence-electron chi connectivity index (χ2n) is 5.99. The van der Waals surface area contributed by atoms with E-state index in [2.05, 4.69) is 64.7 Å². The van der Waals surface area contributed by atoms with Gasteiger partial charge in [-0.3, -0.25) is 4.99 Å². The van der Waals surface area contributed by atoms with Crippen molar-refractivity contribution in [2.45, 2.75) is 19.4 Å². The molecule has 0 aliphatic rings. The molecule has 3 rings (SSSR count). The lowest BCUT2D eigenvalue weighted by Gasteiger charge is -2.22. The van der Waals surface area contributed by atoms with Gasteiger partial charge in [0.25, 0.3) is 0 Å². The van der Waals surface area contributed by atoms with Crippen LogP contribution in [0.4, 0.5) is 0 Å². The molecule has 0 aliphatic carbocycles. The summed E-state index contributed by atoms with van der Waals surface area (Å²) in [6, 6.07) is 18.8. The molecule has 0 fully saturated rings. The van der Waals surface area contributed by atoms with Crippen molar-refractivity contribution in [3.05, 3.63) is 65.2 Å². The highest BCUT2D eigenvalue weighted by Gasteiger charge is 2.07. The van der Waals surface area contributed by atoms with Gasteiger partial charge in [-0.25, -0.2) is 4.98 Å². The third-order valence-corrected chi connectivity index (χ3v) is 5.12. The van der Waals surface area contributed by atoms with Crippen LogP contribution in [0.3, 0.4) is 0 Å². The lowest BCUT2D eigenvalue weighted by atomic mass is 10.2. The van der Waals surface area contributed by atoms with Gasteiger partial charge in [-0.05, 0) is 24.1 Å². The number of hydrogen-bond acceptors (Lipinski definition) is 3. The molecule has 3 aromatic rings. The summed E-state index contributed by atoms with van der Waals surface area (Å²) < 4.78 is 1.27. The van der Waals surface area contributed by atoms with Gasteiger partial charge in [0.15, 0.2) is 5.96 Å². The first-order valence-electron chi connectivity index (χ1n) is 8.56. The smallest absolute Gasteiger partial charge is 0.193 e. The molecule has 1 N–H and O–H groups in total. The fraction of sp³-hybridized carbons (Fsp3) is 0.300. The Hall–Kier alpha value is -1.67. The number of thiazole rings is 1. The minimum Gasteiger partial charge on any atom is -0.356 e. The highest BCUT2D eigenvalue weighted by atomic mass is 127. The quantitative estimate of drug-likeness (QED) is 0.244. The maximum atomic E-state index is 4.69. The number of rotatable bonds is 6. The molecule has 0 saturated heterocycles. The number of fused-ring (bicyclic) bond motifs is 1. The monoisotopic (exact) mass is 480 g/mol. The third kappa shape index (κ3) is 5.67. The first kappa shape index (κ1) is 20.6. The van der Waals surface area contributed by atoms with Gasteiger partial charge in [0, 0.05) is 33.6 Å². The average molecular weight is 480 g/mol. The van der Waals surface area contributed by atoms with Crippen molar-refractivity contribution in [3.8, 4) is 0 Å². The number of aryl methyl sites for hydroxylation is 1. The molecule has 0 radical (unpaired) electrons. The van der Waals surface area contributed by atoms with Crippen molar-refractivity contribution < 1.29 is 0 Å². The maximum absolute atomic E-state index is 4.69. The summed E-state index contributed by atoms with van der Waals surface area (Å²) in [5.74, 6) is 0.924. The van der Waals surface area contributed by atoms with Gasteiger partial charge < -0.3 is 10.2 Å². The minimum atomic E-state index is 0. The van der Waals surface area contributed by atoms with E-state index < -0.39 is 0 Å². The first-order chi connectivity index (χ1) is 12.3. The molecule has 4 nitrogen and oxygen atoms in total. The van der Waals surface area contributed by atoms with E-state index in [4.69, 9.17) is 4.98 Å². The molecule has 0 atom stereocenters. The Morgan fingerprint density at radius 2 is 1.85 bits per heavy atom. The Balaban J connectivity index is 0.00000243. The number of halogens is 1. The predicted molar refractivity (Wildman–Crippen MR) is 123 cm³/mol. The molecule has 26 heavy (non-hydrogen) atoms. The highest BCUT2D eigenvalue weighted by molar-refractivity contribution is 14.0. The van der Waals surface area contributed by atoms with Crippen molar-refractivity contribution >= 4 is 51.5 Å². The Morgan fingerprint density at radius 3 is 2.58 bits per heavy atom. The number of guanidine groups is 1. The van der Waals surface area contributed by atoms with Crippen LogP contribution in [0, 0.1) is 0 Å². The van der Waals surface area contributed by atoms with Crippen LogP contribution in [-0.2, 0) is 13.0 Å². The van der Waals surface area contributed by atoms with Gasteiger partial charge in [-0.2, -0.15) is 0 Å². The van der Waals surface area contributed by atoms with E-state index in [-0.39, 0.29) is 24.0 Å². The maximum Gasteiger partial charge on any atom is 0.193 e. The second-order valence-corrected chi connectivity index (χ2v) is 7.11. The lowest BCUT2D eigenvalue weighted by Crippen LogP contribution is -2.38. The molecular formula is C20H25IN4S.